The van der Waals surface area contributed by atoms with E-state index < -0.39 is 0 Å². The van der Waals surface area contributed by atoms with Gasteiger partial charge in [0, 0.05) is 19.5 Å². The van der Waals surface area contributed by atoms with E-state index in [9.17, 15) is 9.59 Å². The van der Waals surface area contributed by atoms with Crippen LogP contribution in [0.25, 0.3) is 10.9 Å². The second-order valence-corrected chi connectivity index (χ2v) is 6.86. The van der Waals surface area contributed by atoms with Crippen molar-refractivity contribution >= 4 is 29.0 Å². The molecule has 0 unspecified atom stereocenters. The van der Waals surface area contributed by atoms with Crippen LogP contribution in [0, 0.1) is 4.77 Å². The molecule has 0 spiro atoms. The molecule has 144 valence electrons. The number of aromatic amines is 1. The van der Waals surface area contributed by atoms with Crippen molar-refractivity contribution in [3.8, 4) is 11.5 Å². The molecule has 4 rings (SSSR count). The lowest BCUT2D eigenvalue weighted by Gasteiger charge is -2.09. The van der Waals surface area contributed by atoms with Gasteiger partial charge in [-0.2, -0.15) is 0 Å². The Hall–Kier alpha value is -3.13. The fraction of sp³-hybridized carbons (Fsp3) is 0.250. The van der Waals surface area contributed by atoms with Crippen LogP contribution >= 0.6 is 12.2 Å². The topological polar surface area (TPSA) is 85.4 Å². The highest BCUT2D eigenvalue weighted by molar-refractivity contribution is 7.71. The van der Waals surface area contributed by atoms with Crippen LogP contribution in [0.15, 0.2) is 47.3 Å². The third kappa shape index (κ3) is 3.77. The van der Waals surface area contributed by atoms with Gasteiger partial charge in [0.15, 0.2) is 16.3 Å². The third-order valence-electron chi connectivity index (χ3n) is 4.62. The Morgan fingerprint density at radius 1 is 1.18 bits per heavy atom. The molecule has 7 nitrogen and oxygen atoms in total. The van der Waals surface area contributed by atoms with Gasteiger partial charge in [-0.25, -0.2) is 0 Å². The van der Waals surface area contributed by atoms with E-state index in [2.05, 4.69) is 10.3 Å². The molecule has 0 aliphatic carbocycles. The van der Waals surface area contributed by atoms with Crippen LogP contribution in [0.4, 0.5) is 0 Å². The fourth-order valence-electron chi connectivity index (χ4n) is 3.15. The largest absolute Gasteiger partial charge is 0.454 e. The van der Waals surface area contributed by atoms with E-state index in [1.807, 2.05) is 24.3 Å². The number of fused-ring (bicyclic) bond motifs is 2. The summed E-state index contributed by atoms with van der Waals surface area (Å²) in [6, 6.07) is 12.9. The average Bonchev–Trinajstić information content (AvgIpc) is 3.16. The molecule has 0 fully saturated rings. The SMILES string of the molecule is O=C(CCn1c(=S)[nH]c2ccccc2c1=O)NCCc1ccc2c(c1)OCO2. The van der Waals surface area contributed by atoms with E-state index in [0.717, 1.165) is 17.1 Å². The van der Waals surface area contributed by atoms with Crippen molar-refractivity contribution in [2.45, 2.75) is 19.4 Å². The number of hydrogen-bond donors (Lipinski definition) is 2. The number of nitrogens with one attached hydrogen (secondary N) is 2. The highest BCUT2D eigenvalue weighted by atomic mass is 32.1. The van der Waals surface area contributed by atoms with Gasteiger partial charge in [0.1, 0.15) is 0 Å². The minimum Gasteiger partial charge on any atom is -0.454 e. The molecule has 0 atom stereocenters. The van der Waals surface area contributed by atoms with E-state index in [4.69, 9.17) is 21.7 Å². The van der Waals surface area contributed by atoms with Gasteiger partial charge in [0.25, 0.3) is 5.56 Å². The van der Waals surface area contributed by atoms with Gasteiger partial charge in [-0.05, 0) is 48.5 Å². The molecule has 8 heteroatoms. The predicted octanol–water partition coefficient (Wildman–Crippen LogP) is 2.54. The zero-order chi connectivity index (χ0) is 19.5. The number of nitrogens with zero attached hydrogens (tertiary/aromatic N) is 1. The van der Waals surface area contributed by atoms with Crippen LogP contribution in [0.1, 0.15) is 12.0 Å². The number of carbonyl (C=O) groups is 1. The first-order chi connectivity index (χ1) is 13.6. The molecule has 2 aromatic carbocycles. The van der Waals surface area contributed by atoms with Gasteiger partial charge in [-0.1, -0.05) is 18.2 Å². The number of hydrogen-bond acceptors (Lipinski definition) is 5. The van der Waals surface area contributed by atoms with E-state index in [0.29, 0.717) is 28.6 Å². The summed E-state index contributed by atoms with van der Waals surface area (Å²) in [7, 11) is 0. The molecule has 2 heterocycles. The van der Waals surface area contributed by atoms with Crippen molar-refractivity contribution in [3.05, 3.63) is 63.2 Å². The van der Waals surface area contributed by atoms with Crippen molar-refractivity contribution < 1.29 is 14.3 Å². The molecule has 1 amide bonds. The highest BCUT2D eigenvalue weighted by Gasteiger charge is 2.13. The molecule has 1 aliphatic rings. The molecule has 0 saturated heterocycles. The number of benzene rings is 2. The first kappa shape index (κ1) is 18.2. The Bertz CT molecular complexity index is 1150. The second-order valence-electron chi connectivity index (χ2n) is 6.47. The van der Waals surface area contributed by atoms with E-state index in [-0.39, 0.29) is 31.2 Å². The summed E-state index contributed by atoms with van der Waals surface area (Å²) in [6.45, 7) is 0.971. The van der Waals surface area contributed by atoms with Crippen LogP contribution in [-0.2, 0) is 17.8 Å². The molecule has 3 aromatic rings. The smallest absolute Gasteiger partial charge is 0.262 e. The summed E-state index contributed by atoms with van der Waals surface area (Å²) in [5.74, 6) is 1.34. The first-order valence-corrected chi connectivity index (χ1v) is 9.40. The Labute approximate surface area is 165 Å². The number of carbonyl (C=O) groups excluding carboxylic acids is 1. The van der Waals surface area contributed by atoms with Crippen molar-refractivity contribution in [3.63, 3.8) is 0 Å². The van der Waals surface area contributed by atoms with Crippen molar-refractivity contribution in [2.75, 3.05) is 13.3 Å². The molecule has 28 heavy (non-hydrogen) atoms. The number of H-pyrrole nitrogens is 1. The normalized spacial score (nSPS) is 12.3. The summed E-state index contributed by atoms with van der Waals surface area (Å²) in [5.41, 5.74) is 1.56. The van der Waals surface area contributed by atoms with Crippen molar-refractivity contribution in [2.24, 2.45) is 0 Å². The Balaban J connectivity index is 1.33. The monoisotopic (exact) mass is 397 g/mol. The van der Waals surface area contributed by atoms with Crippen LogP contribution in [0.2, 0.25) is 0 Å². The molecular formula is C20H19N3O4S. The van der Waals surface area contributed by atoms with Gasteiger partial charge in [-0.3, -0.25) is 14.2 Å². The predicted molar refractivity (Wildman–Crippen MR) is 107 cm³/mol. The Morgan fingerprint density at radius 3 is 2.89 bits per heavy atom. The van der Waals surface area contributed by atoms with Gasteiger partial charge >= 0.3 is 0 Å². The Kier molecular flexibility index (Phi) is 5.12. The number of para-hydroxylation sites is 1. The van der Waals surface area contributed by atoms with Gasteiger partial charge < -0.3 is 19.8 Å². The lowest BCUT2D eigenvalue weighted by atomic mass is 10.1. The standard InChI is InChI=1S/C20H19N3O4S/c24-18(21-9-7-13-5-6-16-17(11-13)27-12-26-16)8-10-23-19(25)14-3-1-2-4-15(14)22-20(23)28/h1-6,11H,7-10,12H2,(H,21,24)(H,22,28). The zero-order valence-electron chi connectivity index (χ0n) is 15.1. The van der Waals surface area contributed by atoms with Crippen LogP contribution in [0.5, 0.6) is 11.5 Å². The molecule has 1 aliphatic heterocycles. The summed E-state index contributed by atoms with van der Waals surface area (Å²) in [6.07, 6.45) is 0.856. The average molecular weight is 397 g/mol. The van der Waals surface area contributed by atoms with Crippen LogP contribution < -0.4 is 20.3 Å². The van der Waals surface area contributed by atoms with Gasteiger partial charge in [-0.15, -0.1) is 0 Å². The molecule has 1 aromatic heterocycles. The van der Waals surface area contributed by atoms with Crippen molar-refractivity contribution in [1.29, 1.82) is 0 Å². The summed E-state index contributed by atoms with van der Waals surface area (Å²) < 4.78 is 12.4. The lowest BCUT2D eigenvalue weighted by molar-refractivity contribution is -0.121. The summed E-state index contributed by atoms with van der Waals surface area (Å²) in [5, 5.41) is 3.43. The summed E-state index contributed by atoms with van der Waals surface area (Å²) >= 11 is 5.26. The number of ether oxygens (including phenoxy) is 2. The zero-order valence-corrected chi connectivity index (χ0v) is 15.9. The number of amides is 1. The molecule has 0 saturated carbocycles. The number of rotatable bonds is 6. The minimum absolute atomic E-state index is 0.129. The van der Waals surface area contributed by atoms with Crippen LogP contribution in [0.3, 0.4) is 0 Å². The maximum absolute atomic E-state index is 12.6. The molecule has 0 bridgehead atoms. The fourth-order valence-corrected chi connectivity index (χ4v) is 3.43. The highest BCUT2D eigenvalue weighted by Crippen LogP contribution is 2.32. The van der Waals surface area contributed by atoms with E-state index in [1.54, 1.807) is 18.2 Å². The minimum atomic E-state index is -0.187. The summed E-state index contributed by atoms with van der Waals surface area (Å²) in [4.78, 5) is 27.8. The van der Waals surface area contributed by atoms with E-state index >= 15 is 0 Å². The van der Waals surface area contributed by atoms with Gasteiger partial charge in [0.05, 0.1) is 10.9 Å². The Morgan fingerprint density at radius 2 is 2.00 bits per heavy atom. The quantitative estimate of drug-likeness (QED) is 0.625. The molecule has 0 radical (unpaired) electrons. The lowest BCUT2D eigenvalue weighted by Crippen LogP contribution is -2.29. The van der Waals surface area contributed by atoms with E-state index in [1.165, 1.54) is 4.57 Å². The second kappa shape index (κ2) is 7.85. The third-order valence-corrected chi connectivity index (χ3v) is 4.95. The van der Waals surface area contributed by atoms with Gasteiger partial charge in [0.2, 0.25) is 12.7 Å². The first-order valence-electron chi connectivity index (χ1n) is 8.99. The number of aromatic nitrogens is 2. The maximum Gasteiger partial charge on any atom is 0.262 e. The van der Waals surface area contributed by atoms with Crippen molar-refractivity contribution in [1.82, 2.24) is 14.9 Å². The molecular weight excluding hydrogens is 378 g/mol. The van der Waals surface area contributed by atoms with Crippen LogP contribution in [-0.4, -0.2) is 28.8 Å². The maximum atomic E-state index is 12.6. The molecule has 2 N–H and O–H groups in total.